The van der Waals surface area contributed by atoms with Gasteiger partial charge in [0.2, 0.25) is 17.7 Å². The third-order valence-electron chi connectivity index (χ3n) is 7.11. The molecule has 2 N–H and O–H groups in total. The van der Waals surface area contributed by atoms with Gasteiger partial charge in [0.05, 0.1) is 22.5 Å². The summed E-state index contributed by atoms with van der Waals surface area (Å²) in [6.07, 6.45) is 3.29. The zero-order valence-corrected chi connectivity index (χ0v) is 20.1. The Balaban J connectivity index is 1.55. The second-order valence-corrected chi connectivity index (χ2v) is 10.4. The zero-order chi connectivity index (χ0) is 23.3. The van der Waals surface area contributed by atoms with Gasteiger partial charge >= 0.3 is 0 Å². The Labute approximate surface area is 202 Å². The number of rotatable bonds is 6. The number of nitrogens with one attached hydrogen (secondary N) is 2. The van der Waals surface area contributed by atoms with E-state index in [1.54, 1.807) is 17.8 Å². The number of fused-ring (bicyclic) bond motifs is 4. The number of likely N-dealkylation sites (tertiary alicyclic amines) is 1. The maximum atomic E-state index is 13.8. The Morgan fingerprint density at radius 1 is 1.12 bits per heavy atom. The van der Waals surface area contributed by atoms with Gasteiger partial charge in [-0.1, -0.05) is 48.0 Å². The van der Waals surface area contributed by atoms with Crippen molar-refractivity contribution in [2.75, 3.05) is 23.9 Å². The number of hydrogen-bond acceptors (Lipinski definition) is 5. The molecule has 4 atom stereocenters. The molecule has 2 aromatic rings. The van der Waals surface area contributed by atoms with Crippen LogP contribution in [0.2, 0.25) is 5.02 Å². The molecule has 2 saturated heterocycles. The molecule has 0 aliphatic carbocycles. The van der Waals surface area contributed by atoms with Crippen LogP contribution in [-0.2, 0) is 26.3 Å². The lowest BCUT2D eigenvalue weighted by Gasteiger charge is -2.29. The van der Waals surface area contributed by atoms with Gasteiger partial charge in [-0.05, 0) is 49.0 Å². The third-order valence-corrected chi connectivity index (χ3v) is 8.05. The topological polar surface area (TPSA) is 78.5 Å². The molecule has 2 aromatic carbocycles. The monoisotopic (exact) mass is 483 g/mol. The summed E-state index contributed by atoms with van der Waals surface area (Å²) >= 11 is 8.15. The van der Waals surface area contributed by atoms with E-state index < -0.39 is 17.4 Å². The van der Waals surface area contributed by atoms with Crippen LogP contribution in [0.3, 0.4) is 0 Å². The van der Waals surface area contributed by atoms with E-state index in [1.807, 2.05) is 49.6 Å². The maximum Gasteiger partial charge on any atom is 0.250 e. The molecule has 8 heteroatoms. The number of nitrogens with zero attached hydrogens (tertiary/aromatic N) is 1. The van der Waals surface area contributed by atoms with Crippen LogP contribution in [0.1, 0.15) is 23.1 Å². The molecule has 0 bridgehead atoms. The summed E-state index contributed by atoms with van der Waals surface area (Å²) < 4.78 is 0. The summed E-state index contributed by atoms with van der Waals surface area (Å²) in [6, 6.07) is 13.2. The molecule has 6 nitrogen and oxygen atoms in total. The number of benzene rings is 2. The van der Waals surface area contributed by atoms with Gasteiger partial charge in [-0.2, -0.15) is 11.8 Å². The van der Waals surface area contributed by atoms with E-state index >= 15 is 0 Å². The molecular formula is C25H26ClN3O3S. The first-order chi connectivity index (χ1) is 15.9. The minimum Gasteiger partial charge on any atom is -0.323 e. The lowest BCUT2D eigenvalue weighted by atomic mass is 9.76. The number of carbonyl (C=O) groups is 3. The molecular weight excluding hydrogens is 458 g/mol. The van der Waals surface area contributed by atoms with Crippen LogP contribution in [-0.4, -0.2) is 47.2 Å². The molecule has 3 aliphatic heterocycles. The summed E-state index contributed by atoms with van der Waals surface area (Å²) in [7, 11) is 0. The number of thioether (sulfide) groups is 1. The Hall–Kier alpha value is -2.35. The molecule has 0 radical (unpaired) electrons. The van der Waals surface area contributed by atoms with Crippen LogP contribution in [0.15, 0.2) is 42.5 Å². The number of carbonyl (C=O) groups excluding carboxylic acids is 3. The van der Waals surface area contributed by atoms with E-state index in [4.69, 9.17) is 11.6 Å². The number of aryl methyl sites for hydroxylation is 1. The van der Waals surface area contributed by atoms with Crippen molar-refractivity contribution in [1.82, 2.24) is 10.2 Å². The highest BCUT2D eigenvalue weighted by Gasteiger charge is 2.70. The van der Waals surface area contributed by atoms with Crippen molar-refractivity contribution in [3.05, 3.63) is 64.2 Å². The minimum atomic E-state index is -1.28. The van der Waals surface area contributed by atoms with Gasteiger partial charge in [-0.3, -0.25) is 24.6 Å². The zero-order valence-electron chi connectivity index (χ0n) is 18.6. The van der Waals surface area contributed by atoms with Gasteiger partial charge < -0.3 is 5.32 Å². The molecule has 3 amide bonds. The predicted molar refractivity (Wildman–Crippen MR) is 130 cm³/mol. The Morgan fingerprint density at radius 3 is 2.61 bits per heavy atom. The van der Waals surface area contributed by atoms with E-state index in [2.05, 4.69) is 10.6 Å². The van der Waals surface area contributed by atoms with E-state index in [-0.39, 0.29) is 23.8 Å². The summed E-state index contributed by atoms with van der Waals surface area (Å²) in [4.78, 5) is 42.2. The Kier molecular flexibility index (Phi) is 5.75. The van der Waals surface area contributed by atoms with Crippen molar-refractivity contribution in [1.29, 1.82) is 0 Å². The highest BCUT2D eigenvalue weighted by molar-refractivity contribution is 7.98. The maximum absolute atomic E-state index is 13.8. The SMILES string of the molecule is CSCCC1NC2(C(=O)Nc3c(Cl)cc(C)cc32)C2C(=O)N(CCc3ccccc3)C(=O)C12. The third kappa shape index (κ3) is 3.40. The van der Waals surface area contributed by atoms with Gasteiger partial charge in [0, 0.05) is 18.2 Å². The van der Waals surface area contributed by atoms with Crippen LogP contribution in [0, 0.1) is 18.8 Å². The standard InChI is InChI=1S/C25H26ClN3O3S/c1-14-12-16-21(17(26)13-14)27-24(32)25(16)20-19(18(28-25)9-11-33-2)22(30)29(23(20)31)10-8-15-6-4-3-5-7-15/h3-7,12-13,18-20,28H,8-11H2,1-2H3,(H,27,32). The quantitative estimate of drug-likeness (QED) is 0.616. The van der Waals surface area contributed by atoms with E-state index in [9.17, 15) is 14.4 Å². The molecule has 0 aromatic heterocycles. The number of hydrogen-bond donors (Lipinski definition) is 2. The largest absolute Gasteiger partial charge is 0.323 e. The van der Waals surface area contributed by atoms with Crippen molar-refractivity contribution in [3.63, 3.8) is 0 Å². The molecule has 0 saturated carbocycles. The van der Waals surface area contributed by atoms with E-state index in [0.29, 0.717) is 35.7 Å². The van der Waals surface area contributed by atoms with Crippen LogP contribution in [0.4, 0.5) is 5.69 Å². The fourth-order valence-electron chi connectivity index (χ4n) is 5.65. The molecule has 3 aliphatic rings. The van der Waals surface area contributed by atoms with Gasteiger partial charge in [0.1, 0.15) is 5.54 Å². The van der Waals surface area contributed by atoms with Crippen LogP contribution in [0.25, 0.3) is 0 Å². The number of halogens is 1. The van der Waals surface area contributed by atoms with Gasteiger partial charge in [0.15, 0.2) is 0 Å². The van der Waals surface area contributed by atoms with Crippen LogP contribution in [0.5, 0.6) is 0 Å². The first kappa shape index (κ1) is 22.4. The fourth-order valence-corrected chi connectivity index (χ4v) is 6.46. The van der Waals surface area contributed by atoms with Crippen LogP contribution >= 0.6 is 23.4 Å². The highest BCUT2D eigenvalue weighted by atomic mass is 35.5. The average Bonchev–Trinajstić information content (AvgIpc) is 3.37. The predicted octanol–water partition coefficient (Wildman–Crippen LogP) is 3.36. The normalized spacial score (nSPS) is 27.9. The number of amides is 3. The summed E-state index contributed by atoms with van der Waals surface area (Å²) in [5, 5.41) is 6.81. The molecule has 4 unspecified atom stereocenters. The molecule has 2 fully saturated rings. The molecule has 33 heavy (non-hydrogen) atoms. The van der Waals surface area contributed by atoms with E-state index in [1.165, 1.54) is 4.90 Å². The van der Waals surface area contributed by atoms with Crippen molar-refractivity contribution >= 4 is 46.8 Å². The van der Waals surface area contributed by atoms with Crippen molar-refractivity contribution in [2.45, 2.75) is 31.3 Å². The smallest absolute Gasteiger partial charge is 0.250 e. The van der Waals surface area contributed by atoms with Gasteiger partial charge in [-0.25, -0.2) is 0 Å². The van der Waals surface area contributed by atoms with Gasteiger partial charge in [0.25, 0.3) is 0 Å². The lowest BCUT2D eigenvalue weighted by Crippen LogP contribution is -2.53. The Morgan fingerprint density at radius 2 is 1.88 bits per heavy atom. The summed E-state index contributed by atoms with van der Waals surface area (Å²) in [5.41, 5.74) is 1.89. The van der Waals surface area contributed by atoms with Crippen molar-refractivity contribution in [3.8, 4) is 0 Å². The second kappa shape index (κ2) is 8.46. The second-order valence-electron chi connectivity index (χ2n) is 9.03. The van der Waals surface area contributed by atoms with E-state index in [0.717, 1.165) is 16.9 Å². The first-order valence-corrected chi connectivity index (χ1v) is 12.9. The number of anilines is 1. The fraction of sp³-hybridized carbons (Fsp3) is 0.400. The Bertz CT molecular complexity index is 1140. The molecule has 5 rings (SSSR count). The van der Waals surface area contributed by atoms with Crippen LogP contribution < -0.4 is 10.6 Å². The minimum absolute atomic E-state index is 0.184. The highest BCUT2D eigenvalue weighted by Crippen LogP contribution is 2.54. The number of imide groups is 1. The molecule has 172 valence electrons. The van der Waals surface area contributed by atoms with Crippen molar-refractivity contribution in [2.24, 2.45) is 11.8 Å². The summed E-state index contributed by atoms with van der Waals surface area (Å²) in [6.45, 7) is 2.22. The average molecular weight is 484 g/mol. The summed E-state index contributed by atoms with van der Waals surface area (Å²) in [5.74, 6) is -1.30. The van der Waals surface area contributed by atoms with Crippen molar-refractivity contribution < 1.29 is 14.4 Å². The first-order valence-electron chi connectivity index (χ1n) is 11.2. The molecule has 1 spiro atoms. The van der Waals surface area contributed by atoms with Gasteiger partial charge in [-0.15, -0.1) is 0 Å². The molecule has 3 heterocycles. The lowest BCUT2D eigenvalue weighted by molar-refractivity contribution is -0.142.